The van der Waals surface area contributed by atoms with Crippen LogP contribution in [-0.2, 0) is 14.2 Å². The summed E-state index contributed by atoms with van der Waals surface area (Å²) in [6, 6.07) is 0. The van der Waals surface area contributed by atoms with E-state index in [9.17, 15) is 5.11 Å². The molecule has 1 heterocycles. The second-order valence-corrected chi connectivity index (χ2v) is 14.3. The van der Waals surface area contributed by atoms with Gasteiger partial charge in [-0.05, 0) is 77.0 Å². The zero-order valence-electron chi connectivity index (χ0n) is 32.7. The molecule has 5 heteroatoms. The van der Waals surface area contributed by atoms with Crippen LogP contribution in [0, 0.1) is 0 Å². The number of rotatable bonds is 36. The van der Waals surface area contributed by atoms with Crippen LogP contribution in [0.15, 0.2) is 48.6 Å². The molecule has 1 N–H and O–H groups in total. The Kier molecular flexibility index (Phi) is 34.1. The van der Waals surface area contributed by atoms with E-state index in [-0.39, 0.29) is 12.2 Å². The van der Waals surface area contributed by atoms with Crippen LogP contribution in [0.1, 0.15) is 168 Å². The highest BCUT2D eigenvalue weighted by Gasteiger charge is 2.34. The average molecular weight is 688 g/mol. The smallest absolute Gasteiger partial charge is 0.0975 e. The van der Waals surface area contributed by atoms with E-state index in [2.05, 4.69) is 67.4 Å². The normalized spacial score (nSPS) is 18.0. The summed E-state index contributed by atoms with van der Waals surface area (Å²) >= 11 is 0. The number of methoxy groups -OCH3 is 1. The van der Waals surface area contributed by atoms with Crippen LogP contribution in [0.3, 0.4) is 0 Å². The van der Waals surface area contributed by atoms with Crippen LogP contribution in [0.2, 0.25) is 0 Å². The highest BCUT2D eigenvalue weighted by molar-refractivity contribution is 4.93. The first kappa shape index (κ1) is 45.8. The van der Waals surface area contributed by atoms with Gasteiger partial charge in [-0.3, -0.25) is 4.90 Å². The van der Waals surface area contributed by atoms with Crippen molar-refractivity contribution in [2.24, 2.45) is 0 Å². The Bertz CT molecular complexity index is 736. The van der Waals surface area contributed by atoms with E-state index in [1.165, 1.54) is 128 Å². The summed E-state index contributed by atoms with van der Waals surface area (Å²) in [7, 11) is 1.64. The number of allylic oxidation sites excluding steroid dienone is 8. The summed E-state index contributed by atoms with van der Waals surface area (Å²) in [5.74, 6) is 0. The Morgan fingerprint density at radius 1 is 0.531 bits per heavy atom. The third-order valence-corrected chi connectivity index (χ3v) is 9.47. The van der Waals surface area contributed by atoms with Crippen LogP contribution >= 0.6 is 0 Å². The molecule has 1 rings (SSSR count). The molecule has 0 radical (unpaired) electrons. The molecule has 49 heavy (non-hydrogen) atoms. The van der Waals surface area contributed by atoms with Crippen molar-refractivity contribution in [3.63, 3.8) is 0 Å². The molecule has 286 valence electrons. The van der Waals surface area contributed by atoms with Gasteiger partial charge in [0.2, 0.25) is 0 Å². The molecule has 0 aliphatic carbocycles. The second-order valence-electron chi connectivity index (χ2n) is 14.3. The molecule has 1 saturated heterocycles. The first-order chi connectivity index (χ1) is 24.2. The van der Waals surface area contributed by atoms with Crippen LogP contribution in [-0.4, -0.2) is 74.9 Å². The van der Waals surface area contributed by atoms with Gasteiger partial charge in [-0.2, -0.15) is 0 Å². The number of nitrogens with zero attached hydrogens (tertiary/aromatic N) is 1. The van der Waals surface area contributed by atoms with Gasteiger partial charge in [0.25, 0.3) is 0 Å². The SMILES string of the molecule is CCCCC/C=C\C/C=C\CCCCCCCCO[C@@H]1CN(CC(O)COC)C[C@H]1OCCCCCCCC/C=C\C/C=C\CCCCC. The van der Waals surface area contributed by atoms with E-state index in [1.807, 2.05) is 0 Å². The van der Waals surface area contributed by atoms with Gasteiger partial charge >= 0.3 is 0 Å². The van der Waals surface area contributed by atoms with Gasteiger partial charge in [-0.25, -0.2) is 0 Å². The number of aliphatic hydroxyl groups is 1. The number of unbranched alkanes of at least 4 members (excludes halogenated alkanes) is 18. The fourth-order valence-corrected chi connectivity index (χ4v) is 6.48. The van der Waals surface area contributed by atoms with E-state index in [1.54, 1.807) is 7.11 Å². The first-order valence-corrected chi connectivity index (χ1v) is 20.9. The lowest BCUT2D eigenvalue weighted by atomic mass is 10.1. The Morgan fingerprint density at radius 3 is 1.29 bits per heavy atom. The van der Waals surface area contributed by atoms with Gasteiger partial charge in [0.05, 0.1) is 24.9 Å². The maximum Gasteiger partial charge on any atom is 0.0975 e. The summed E-state index contributed by atoms with van der Waals surface area (Å²) < 4.78 is 17.9. The zero-order valence-corrected chi connectivity index (χ0v) is 32.7. The first-order valence-electron chi connectivity index (χ1n) is 20.9. The Morgan fingerprint density at radius 2 is 0.898 bits per heavy atom. The summed E-state index contributed by atoms with van der Waals surface area (Å²) in [5, 5.41) is 10.3. The minimum Gasteiger partial charge on any atom is -0.389 e. The van der Waals surface area contributed by atoms with Gasteiger partial charge in [-0.15, -0.1) is 0 Å². The van der Waals surface area contributed by atoms with Crippen LogP contribution < -0.4 is 0 Å². The largest absolute Gasteiger partial charge is 0.389 e. The van der Waals surface area contributed by atoms with Crippen LogP contribution in [0.4, 0.5) is 0 Å². The third-order valence-electron chi connectivity index (χ3n) is 9.47. The number of hydrogen-bond acceptors (Lipinski definition) is 5. The molecule has 0 bridgehead atoms. The van der Waals surface area contributed by atoms with Gasteiger partial charge in [0.15, 0.2) is 0 Å². The Labute approximate surface area is 305 Å². The second kappa shape index (κ2) is 36.5. The van der Waals surface area contributed by atoms with Crippen LogP contribution in [0.5, 0.6) is 0 Å². The fourth-order valence-electron chi connectivity index (χ4n) is 6.48. The minimum atomic E-state index is -0.468. The predicted octanol–water partition coefficient (Wildman–Crippen LogP) is 11.7. The fraction of sp³-hybridized carbons (Fsp3) is 0.818. The topological polar surface area (TPSA) is 51.2 Å². The summed E-state index contributed by atoms with van der Waals surface area (Å²) in [4.78, 5) is 2.29. The van der Waals surface area contributed by atoms with E-state index >= 15 is 0 Å². The van der Waals surface area contributed by atoms with Gasteiger partial charge in [-0.1, -0.05) is 140 Å². The Balaban J connectivity index is 2.12. The molecule has 0 aromatic carbocycles. The van der Waals surface area contributed by atoms with Crippen molar-refractivity contribution in [2.45, 2.75) is 186 Å². The summed E-state index contributed by atoms with van der Waals surface area (Å²) in [6.07, 6.45) is 48.6. The molecule has 1 fully saturated rings. The van der Waals surface area contributed by atoms with Crippen molar-refractivity contribution in [1.29, 1.82) is 0 Å². The van der Waals surface area contributed by atoms with E-state index in [4.69, 9.17) is 14.2 Å². The number of aliphatic hydroxyl groups excluding tert-OH is 1. The van der Waals surface area contributed by atoms with Crippen molar-refractivity contribution in [3.8, 4) is 0 Å². The van der Waals surface area contributed by atoms with Crippen molar-refractivity contribution in [1.82, 2.24) is 4.90 Å². The number of hydrogen-bond donors (Lipinski definition) is 1. The predicted molar refractivity (Wildman–Crippen MR) is 213 cm³/mol. The molecule has 0 spiro atoms. The standard InChI is InChI=1S/C44H81NO4/c1-4-6-8-10-12-14-16-18-20-22-24-26-28-30-32-34-36-48-43-39-45(38-42(46)41-47-3)40-44(43)49-37-35-33-31-29-27-25-23-21-19-17-15-13-11-9-7-5-2/h12-15,18-21,42-44,46H,4-11,16-17,22-41H2,1-3H3/b14-12-,15-13-,20-18-,21-19-/t42?,43-,44-/m1/s1. The molecule has 0 amide bonds. The molecule has 5 nitrogen and oxygen atoms in total. The molecule has 1 unspecified atom stereocenters. The molecule has 1 aliphatic rings. The molecule has 0 aromatic heterocycles. The summed E-state index contributed by atoms with van der Waals surface area (Å²) in [6.45, 7) is 8.77. The lowest BCUT2D eigenvalue weighted by Crippen LogP contribution is -2.34. The van der Waals surface area contributed by atoms with Crippen molar-refractivity contribution < 1.29 is 19.3 Å². The monoisotopic (exact) mass is 688 g/mol. The van der Waals surface area contributed by atoms with Crippen molar-refractivity contribution >= 4 is 0 Å². The molecular weight excluding hydrogens is 606 g/mol. The highest BCUT2D eigenvalue weighted by atomic mass is 16.5. The molecule has 0 aromatic rings. The van der Waals surface area contributed by atoms with E-state index < -0.39 is 6.10 Å². The molecule has 1 aliphatic heterocycles. The quantitative estimate of drug-likeness (QED) is 0.0525. The lowest BCUT2D eigenvalue weighted by Gasteiger charge is -2.20. The minimum absolute atomic E-state index is 0.0947. The van der Waals surface area contributed by atoms with Gasteiger partial charge in [0.1, 0.15) is 0 Å². The van der Waals surface area contributed by atoms with Gasteiger partial charge < -0.3 is 19.3 Å². The molecule has 3 atom stereocenters. The highest BCUT2D eigenvalue weighted by Crippen LogP contribution is 2.19. The lowest BCUT2D eigenvalue weighted by molar-refractivity contribution is -0.0481. The van der Waals surface area contributed by atoms with Crippen molar-refractivity contribution in [2.75, 3.05) is 46.6 Å². The van der Waals surface area contributed by atoms with Gasteiger partial charge in [0, 0.05) is 40.0 Å². The number of likely N-dealkylation sites (tertiary alicyclic amines) is 1. The van der Waals surface area contributed by atoms with E-state index in [0.717, 1.165) is 52.0 Å². The summed E-state index contributed by atoms with van der Waals surface area (Å²) in [5.41, 5.74) is 0. The van der Waals surface area contributed by atoms with E-state index in [0.29, 0.717) is 13.2 Å². The molecule has 0 saturated carbocycles. The van der Waals surface area contributed by atoms with Crippen molar-refractivity contribution in [3.05, 3.63) is 48.6 Å². The zero-order chi connectivity index (χ0) is 35.3. The maximum absolute atomic E-state index is 10.3. The average Bonchev–Trinajstić information content (AvgIpc) is 3.48. The molecular formula is C44H81NO4. The van der Waals surface area contributed by atoms with Crippen LogP contribution in [0.25, 0.3) is 0 Å². The maximum atomic E-state index is 10.3. The number of β-amino-alcohol motifs (C(OH)–C–C–N with tert-alkyl or cyclic N) is 1. The number of ether oxygens (including phenoxy) is 3. The third kappa shape index (κ3) is 30.1. The Hall–Kier alpha value is -1.24.